The van der Waals surface area contributed by atoms with Crippen molar-refractivity contribution in [2.45, 2.75) is 9.79 Å². The third-order valence-electron chi connectivity index (χ3n) is 1.93. The molecule has 0 N–H and O–H groups in total. The lowest BCUT2D eigenvalue weighted by atomic mass is 10.4. The highest BCUT2D eigenvalue weighted by Crippen LogP contribution is 2.35. The Balaban J connectivity index is 2.26. The second-order valence-electron chi connectivity index (χ2n) is 3.13. The molecule has 0 radical (unpaired) electrons. The van der Waals surface area contributed by atoms with Gasteiger partial charge in [0.25, 0.3) is 0 Å². The monoisotopic (exact) mass is 288 g/mol. The minimum atomic E-state index is 0.681. The van der Waals surface area contributed by atoms with E-state index in [1.165, 1.54) is 0 Å². The van der Waals surface area contributed by atoms with E-state index in [9.17, 15) is 0 Å². The van der Waals surface area contributed by atoms with Crippen molar-refractivity contribution in [3.05, 3.63) is 57.5 Å². The van der Waals surface area contributed by atoms with Crippen LogP contribution in [0.5, 0.6) is 0 Å². The fourth-order valence-electron chi connectivity index (χ4n) is 1.19. The second-order valence-corrected chi connectivity index (χ2v) is 5.53. The summed E-state index contributed by atoms with van der Waals surface area (Å²) in [5.74, 6) is 0. The first-order chi connectivity index (χ1) is 7.65. The fraction of sp³-hybridized carbons (Fsp3) is 0. The van der Waals surface area contributed by atoms with Gasteiger partial charge in [0.05, 0.1) is 5.02 Å². The Kier molecular flexibility index (Phi) is 4.04. The lowest BCUT2D eigenvalue weighted by Gasteiger charge is -2.04. The molecule has 0 spiro atoms. The van der Waals surface area contributed by atoms with Crippen LogP contribution in [-0.4, -0.2) is 0 Å². The molecule has 0 bridgehead atoms. The standard InChI is InChI=1S/C12H7Cl3S/c13-8-1-4-10(5-2-8)16-12-7-9(14)3-6-11(12)15/h1-7H. The van der Waals surface area contributed by atoms with Gasteiger partial charge >= 0.3 is 0 Å². The van der Waals surface area contributed by atoms with Crippen LogP contribution in [-0.2, 0) is 0 Å². The molecule has 0 atom stereocenters. The average molecular weight is 290 g/mol. The summed E-state index contributed by atoms with van der Waals surface area (Å²) in [4.78, 5) is 2.02. The van der Waals surface area contributed by atoms with Crippen LogP contribution in [0, 0.1) is 0 Å². The van der Waals surface area contributed by atoms with Crippen LogP contribution in [0.1, 0.15) is 0 Å². The number of hydrogen-bond acceptors (Lipinski definition) is 1. The van der Waals surface area contributed by atoms with Crippen LogP contribution >= 0.6 is 46.6 Å². The summed E-state index contributed by atoms with van der Waals surface area (Å²) < 4.78 is 0. The number of rotatable bonds is 2. The van der Waals surface area contributed by atoms with E-state index in [4.69, 9.17) is 34.8 Å². The van der Waals surface area contributed by atoms with E-state index in [2.05, 4.69) is 0 Å². The predicted octanol–water partition coefficient (Wildman–Crippen LogP) is 5.80. The van der Waals surface area contributed by atoms with E-state index >= 15 is 0 Å². The van der Waals surface area contributed by atoms with Gasteiger partial charge in [0.15, 0.2) is 0 Å². The highest BCUT2D eigenvalue weighted by molar-refractivity contribution is 7.99. The van der Waals surface area contributed by atoms with Gasteiger partial charge in [-0.3, -0.25) is 0 Å². The Morgan fingerprint density at radius 3 is 2.06 bits per heavy atom. The molecular formula is C12H7Cl3S. The van der Waals surface area contributed by atoms with Gasteiger partial charge in [0.1, 0.15) is 0 Å². The first-order valence-electron chi connectivity index (χ1n) is 4.53. The highest BCUT2D eigenvalue weighted by atomic mass is 35.5. The van der Waals surface area contributed by atoms with Gasteiger partial charge in [-0.15, -0.1) is 0 Å². The maximum absolute atomic E-state index is 6.07. The molecular weight excluding hydrogens is 283 g/mol. The van der Waals surface area contributed by atoms with Crippen molar-refractivity contribution in [2.24, 2.45) is 0 Å². The Labute approximate surface area is 114 Å². The van der Waals surface area contributed by atoms with Crippen LogP contribution in [0.2, 0.25) is 15.1 Å². The molecule has 2 aromatic carbocycles. The molecule has 0 aromatic heterocycles. The highest BCUT2D eigenvalue weighted by Gasteiger charge is 2.03. The van der Waals surface area contributed by atoms with Crippen LogP contribution in [0.3, 0.4) is 0 Å². The summed E-state index contributed by atoms with van der Waals surface area (Å²) in [7, 11) is 0. The smallest absolute Gasteiger partial charge is 0.0546 e. The zero-order valence-corrected chi connectivity index (χ0v) is 11.2. The maximum Gasteiger partial charge on any atom is 0.0546 e. The van der Waals surface area contributed by atoms with E-state index < -0.39 is 0 Å². The van der Waals surface area contributed by atoms with Crippen molar-refractivity contribution in [1.82, 2.24) is 0 Å². The van der Waals surface area contributed by atoms with Gasteiger partial charge in [0.2, 0.25) is 0 Å². The van der Waals surface area contributed by atoms with Crippen molar-refractivity contribution in [2.75, 3.05) is 0 Å². The van der Waals surface area contributed by atoms with Crippen LogP contribution in [0.15, 0.2) is 52.3 Å². The van der Waals surface area contributed by atoms with E-state index in [1.54, 1.807) is 23.9 Å². The Morgan fingerprint density at radius 1 is 0.750 bits per heavy atom. The van der Waals surface area contributed by atoms with Crippen molar-refractivity contribution in [1.29, 1.82) is 0 Å². The molecule has 0 heterocycles. The quantitative estimate of drug-likeness (QED) is 0.673. The van der Waals surface area contributed by atoms with Gasteiger partial charge < -0.3 is 0 Å². The molecule has 0 aliphatic heterocycles. The molecule has 82 valence electrons. The summed E-state index contributed by atoms with van der Waals surface area (Å²) in [5, 5.41) is 2.10. The average Bonchev–Trinajstić information content (AvgIpc) is 2.27. The molecule has 2 aromatic rings. The van der Waals surface area contributed by atoms with Gasteiger partial charge in [-0.1, -0.05) is 46.6 Å². The summed E-state index contributed by atoms with van der Waals surface area (Å²) in [6.07, 6.45) is 0. The van der Waals surface area contributed by atoms with Crippen molar-refractivity contribution < 1.29 is 0 Å². The summed E-state index contributed by atoms with van der Waals surface area (Å²) in [6.45, 7) is 0. The minimum Gasteiger partial charge on any atom is -0.0885 e. The number of benzene rings is 2. The lowest BCUT2D eigenvalue weighted by molar-refractivity contribution is 1.41. The molecule has 0 unspecified atom stereocenters. The normalized spacial score (nSPS) is 10.4. The van der Waals surface area contributed by atoms with E-state index in [-0.39, 0.29) is 0 Å². The molecule has 0 aliphatic rings. The molecule has 4 heteroatoms. The molecule has 0 amide bonds. The predicted molar refractivity (Wildman–Crippen MR) is 72.0 cm³/mol. The zero-order chi connectivity index (χ0) is 11.5. The SMILES string of the molecule is Clc1ccc(Sc2cc(Cl)ccc2Cl)cc1. The van der Waals surface area contributed by atoms with Crippen LogP contribution < -0.4 is 0 Å². The van der Waals surface area contributed by atoms with Gasteiger partial charge in [-0.25, -0.2) is 0 Å². The zero-order valence-electron chi connectivity index (χ0n) is 8.08. The Morgan fingerprint density at radius 2 is 1.38 bits per heavy atom. The van der Waals surface area contributed by atoms with Gasteiger partial charge in [0, 0.05) is 19.8 Å². The topological polar surface area (TPSA) is 0 Å². The fourth-order valence-corrected chi connectivity index (χ4v) is 2.66. The second kappa shape index (κ2) is 5.33. The van der Waals surface area contributed by atoms with Gasteiger partial charge in [-0.05, 0) is 42.5 Å². The van der Waals surface area contributed by atoms with E-state index in [0.717, 1.165) is 14.8 Å². The van der Waals surface area contributed by atoms with E-state index in [0.29, 0.717) is 10.0 Å². The van der Waals surface area contributed by atoms with Crippen molar-refractivity contribution >= 4 is 46.6 Å². The molecule has 0 saturated carbocycles. The number of halogens is 3. The van der Waals surface area contributed by atoms with E-state index in [1.807, 2.05) is 30.3 Å². The lowest BCUT2D eigenvalue weighted by Crippen LogP contribution is -1.76. The number of hydrogen-bond donors (Lipinski definition) is 0. The first-order valence-corrected chi connectivity index (χ1v) is 6.48. The largest absolute Gasteiger partial charge is 0.0885 e. The Bertz CT molecular complexity index is 494. The molecule has 16 heavy (non-hydrogen) atoms. The molecule has 2 rings (SSSR count). The molecule has 0 nitrogen and oxygen atoms in total. The summed E-state index contributed by atoms with van der Waals surface area (Å²) in [5.41, 5.74) is 0. The minimum absolute atomic E-state index is 0.681. The molecule has 0 aliphatic carbocycles. The third-order valence-corrected chi connectivity index (χ3v) is 3.93. The third kappa shape index (κ3) is 3.08. The molecule has 0 saturated heterocycles. The van der Waals surface area contributed by atoms with Crippen LogP contribution in [0.4, 0.5) is 0 Å². The van der Waals surface area contributed by atoms with Crippen molar-refractivity contribution in [3.8, 4) is 0 Å². The summed E-state index contributed by atoms with van der Waals surface area (Å²) in [6, 6.07) is 13.0. The maximum atomic E-state index is 6.07. The molecule has 0 fully saturated rings. The summed E-state index contributed by atoms with van der Waals surface area (Å²) >= 11 is 19.4. The first kappa shape index (κ1) is 12.1. The van der Waals surface area contributed by atoms with Gasteiger partial charge in [-0.2, -0.15) is 0 Å². The van der Waals surface area contributed by atoms with Crippen molar-refractivity contribution in [3.63, 3.8) is 0 Å². The van der Waals surface area contributed by atoms with Crippen LogP contribution in [0.25, 0.3) is 0 Å². The Hall–Kier alpha value is -0.340.